The summed E-state index contributed by atoms with van der Waals surface area (Å²) in [6.07, 6.45) is 2.57. The van der Waals surface area contributed by atoms with Crippen molar-refractivity contribution in [2.24, 2.45) is 0 Å². The number of aliphatic hydroxyl groups is 1. The van der Waals surface area contributed by atoms with Gasteiger partial charge < -0.3 is 19.6 Å². The van der Waals surface area contributed by atoms with Gasteiger partial charge in [0, 0.05) is 44.0 Å². The Kier molecular flexibility index (Phi) is 6.39. The third kappa shape index (κ3) is 5.39. The lowest BCUT2D eigenvalue weighted by Gasteiger charge is -2.34. The molecule has 1 saturated carbocycles. The molecule has 1 heterocycles. The minimum Gasteiger partial charge on any atom is -0.491 e. The number of nitrogens with zero attached hydrogens (tertiary/aromatic N) is 2. The van der Waals surface area contributed by atoms with Crippen molar-refractivity contribution < 1.29 is 27.4 Å². The molecule has 1 atom stereocenters. The van der Waals surface area contributed by atoms with Crippen molar-refractivity contribution >= 4 is 21.4 Å². The highest BCUT2D eigenvalue weighted by Gasteiger charge is 2.34. The second-order valence-electron chi connectivity index (χ2n) is 8.43. The zero-order chi connectivity index (χ0) is 22.9. The first-order valence-electron chi connectivity index (χ1n) is 10.6. The highest BCUT2D eigenvalue weighted by Crippen LogP contribution is 2.33. The monoisotopic (exact) mass is 462 g/mol. The summed E-state index contributed by atoms with van der Waals surface area (Å²) < 4.78 is 42.7. The van der Waals surface area contributed by atoms with E-state index >= 15 is 0 Å². The van der Waals surface area contributed by atoms with Crippen LogP contribution in [0.5, 0.6) is 5.75 Å². The molecule has 1 amide bonds. The molecule has 4 rings (SSSR count). The zero-order valence-corrected chi connectivity index (χ0v) is 18.7. The molecule has 1 aliphatic heterocycles. The Balaban J connectivity index is 1.43. The molecular formula is C23H27FN2O5S. The average molecular weight is 463 g/mol. The second-order valence-corrected chi connectivity index (χ2v) is 10.4. The molecule has 1 aliphatic carbocycles. The summed E-state index contributed by atoms with van der Waals surface area (Å²) in [4.78, 5) is 16.6. The first-order valence-corrected chi connectivity index (χ1v) is 12.5. The van der Waals surface area contributed by atoms with Crippen LogP contribution in [0, 0.1) is 5.82 Å². The van der Waals surface area contributed by atoms with Crippen LogP contribution in [0.3, 0.4) is 0 Å². The second kappa shape index (κ2) is 9.07. The summed E-state index contributed by atoms with van der Waals surface area (Å²) in [5.41, 5.74) is 1.54. The molecule has 0 radical (unpaired) electrons. The molecule has 7 nitrogen and oxygen atoms in total. The molecule has 172 valence electrons. The van der Waals surface area contributed by atoms with E-state index in [4.69, 9.17) is 4.74 Å². The number of fused-ring (bicyclic) bond motifs is 1. The van der Waals surface area contributed by atoms with Crippen molar-refractivity contribution in [3.8, 4) is 5.75 Å². The third-order valence-electron chi connectivity index (χ3n) is 5.75. The summed E-state index contributed by atoms with van der Waals surface area (Å²) in [7, 11) is -3.29. The maximum Gasteiger partial charge on any atom is 0.224 e. The quantitative estimate of drug-likeness (QED) is 0.680. The Hall–Kier alpha value is -2.65. The molecule has 0 spiro atoms. The molecule has 2 aromatic rings. The minimum absolute atomic E-state index is 0.00655. The number of halogens is 1. The van der Waals surface area contributed by atoms with E-state index in [1.807, 2.05) is 9.80 Å². The van der Waals surface area contributed by atoms with Crippen molar-refractivity contribution in [3.05, 3.63) is 53.8 Å². The van der Waals surface area contributed by atoms with Gasteiger partial charge >= 0.3 is 0 Å². The summed E-state index contributed by atoms with van der Waals surface area (Å²) in [5, 5.41) is 10.6. The van der Waals surface area contributed by atoms with Gasteiger partial charge in [0.2, 0.25) is 5.91 Å². The van der Waals surface area contributed by atoms with Crippen LogP contribution in [0.15, 0.2) is 47.4 Å². The number of sulfone groups is 1. The lowest BCUT2D eigenvalue weighted by atomic mass is 10.1. The normalized spacial score (nSPS) is 18.0. The summed E-state index contributed by atoms with van der Waals surface area (Å²) >= 11 is 0. The van der Waals surface area contributed by atoms with Gasteiger partial charge in [0.15, 0.2) is 9.84 Å². The van der Waals surface area contributed by atoms with Crippen molar-refractivity contribution in [2.45, 2.75) is 42.8 Å². The molecule has 0 saturated heterocycles. The van der Waals surface area contributed by atoms with Crippen LogP contribution < -0.4 is 9.64 Å². The largest absolute Gasteiger partial charge is 0.491 e. The molecule has 1 fully saturated rings. The number of hydrogen-bond donors (Lipinski definition) is 1. The maximum atomic E-state index is 13.9. The van der Waals surface area contributed by atoms with Gasteiger partial charge in [-0.05, 0) is 60.9 Å². The fourth-order valence-electron chi connectivity index (χ4n) is 3.95. The SMILES string of the molecule is CS(=O)(=O)c1ccc(OCC(O)CN2CCC(=O)N(C3CC3)Cc3cc(F)ccc32)cc1. The Labute approximate surface area is 187 Å². The van der Waals surface area contributed by atoms with Crippen LogP contribution >= 0.6 is 0 Å². The molecule has 2 aliphatic rings. The molecule has 2 aromatic carbocycles. The molecule has 1 N–H and O–H groups in total. The predicted octanol–water partition coefficient (Wildman–Crippen LogP) is 2.37. The number of ether oxygens (including phenoxy) is 1. The van der Waals surface area contributed by atoms with Gasteiger partial charge in [-0.25, -0.2) is 12.8 Å². The van der Waals surface area contributed by atoms with Crippen molar-refractivity contribution in [3.63, 3.8) is 0 Å². The lowest BCUT2D eigenvalue weighted by Crippen LogP contribution is -2.42. The summed E-state index contributed by atoms with van der Waals surface area (Å²) in [6, 6.07) is 10.8. The van der Waals surface area contributed by atoms with Gasteiger partial charge in [-0.3, -0.25) is 4.79 Å². The lowest BCUT2D eigenvalue weighted by molar-refractivity contribution is -0.132. The number of aliphatic hydroxyl groups excluding tert-OH is 1. The maximum absolute atomic E-state index is 13.9. The van der Waals surface area contributed by atoms with Crippen LogP contribution in [-0.4, -0.2) is 62.4 Å². The fraction of sp³-hybridized carbons (Fsp3) is 0.435. The summed E-state index contributed by atoms with van der Waals surface area (Å²) in [5.74, 6) is 0.139. The van der Waals surface area contributed by atoms with Gasteiger partial charge in [0.25, 0.3) is 0 Å². The van der Waals surface area contributed by atoms with Crippen LogP contribution in [0.4, 0.5) is 10.1 Å². The van der Waals surface area contributed by atoms with E-state index in [-0.39, 0.29) is 35.8 Å². The zero-order valence-electron chi connectivity index (χ0n) is 17.9. The minimum atomic E-state index is -3.29. The number of amides is 1. The number of rotatable bonds is 7. The molecule has 0 aromatic heterocycles. The Bertz CT molecular complexity index is 1090. The number of anilines is 1. The highest BCUT2D eigenvalue weighted by atomic mass is 32.2. The number of benzene rings is 2. The van der Waals surface area contributed by atoms with Gasteiger partial charge in [-0.2, -0.15) is 0 Å². The molecule has 9 heteroatoms. The molecule has 1 unspecified atom stereocenters. The predicted molar refractivity (Wildman–Crippen MR) is 118 cm³/mol. The van der Waals surface area contributed by atoms with E-state index in [1.54, 1.807) is 18.2 Å². The van der Waals surface area contributed by atoms with Crippen LogP contribution in [0.1, 0.15) is 24.8 Å². The molecule has 32 heavy (non-hydrogen) atoms. The van der Waals surface area contributed by atoms with Crippen LogP contribution in [0.2, 0.25) is 0 Å². The first-order chi connectivity index (χ1) is 15.2. The highest BCUT2D eigenvalue weighted by molar-refractivity contribution is 7.90. The van der Waals surface area contributed by atoms with Crippen molar-refractivity contribution in [1.29, 1.82) is 0 Å². The van der Waals surface area contributed by atoms with Crippen LogP contribution in [-0.2, 0) is 21.2 Å². The standard InChI is InChI=1S/C23H27FN2O5S/c1-32(29,30)21-7-5-20(6-8-21)31-15-19(27)14-25-11-10-23(28)26(18-3-4-18)13-16-12-17(24)2-9-22(16)25/h2,5-9,12,18-19,27H,3-4,10-11,13-15H2,1H3. The Morgan fingerprint density at radius 2 is 1.91 bits per heavy atom. The van der Waals surface area contributed by atoms with Gasteiger partial charge in [-0.1, -0.05) is 0 Å². The number of hydrogen-bond acceptors (Lipinski definition) is 6. The average Bonchev–Trinajstić information content (AvgIpc) is 3.57. The van der Waals surface area contributed by atoms with E-state index in [1.165, 1.54) is 24.3 Å². The first kappa shape index (κ1) is 22.5. The van der Waals surface area contributed by atoms with E-state index in [2.05, 4.69) is 0 Å². The molecular weight excluding hydrogens is 435 g/mol. The molecule has 0 bridgehead atoms. The topological polar surface area (TPSA) is 87.1 Å². The number of carbonyl (C=O) groups excluding carboxylic acids is 1. The third-order valence-corrected chi connectivity index (χ3v) is 6.88. The fourth-order valence-corrected chi connectivity index (χ4v) is 4.58. The Morgan fingerprint density at radius 3 is 2.56 bits per heavy atom. The van der Waals surface area contributed by atoms with Gasteiger partial charge in [0.05, 0.1) is 4.90 Å². The smallest absolute Gasteiger partial charge is 0.224 e. The van der Waals surface area contributed by atoms with E-state index in [9.17, 15) is 22.7 Å². The van der Waals surface area contributed by atoms with E-state index in [0.29, 0.717) is 25.3 Å². The number of carbonyl (C=O) groups is 1. The Morgan fingerprint density at radius 1 is 1.19 bits per heavy atom. The van der Waals surface area contributed by atoms with E-state index in [0.717, 1.165) is 30.3 Å². The van der Waals surface area contributed by atoms with Crippen LogP contribution in [0.25, 0.3) is 0 Å². The van der Waals surface area contributed by atoms with Crippen molar-refractivity contribution in [2.75, 3.05) is 30.9 Å². The van der Waals surface area contributed by atoms with Gasteiger partial charge in [0.1, 0.15) is 24.3 Å². The van der Waals surface area contributed by atoms with Crippen molar-refractivity contribution in [1.82, 2.24) is 4.90 Å². The summed E-state index contributed by atoms with van der Waals surface area (Å²) in [6.45, 7) is 0.997. The van der Waals surface area contributed by atoms with E-state index < -0.39 is 15.9 Å². The number of β-amino-alcohol motifs (C(OH)–C–C–N with tert-alkyl or cyclic N) is 1. The van der Waals surface area contributed by atoms with Gasteiger partial charge in [-0.15, -0.1) is 0 Å².